The Kier molecular flexibility index (Phi) is 3.00. The largest absolute Gasteiger partial charge is 0.480 e. The minimum atomic E-state index is -0.838. The standard InChI is InChI=1S/C13H14N4O2/c18-13(19)11-7-14-5-6-17(11)12-9-3-1-2-4-10(9)15-8-16-12/h1-4,8,11,14H,5-7H2,(H,18,19). The molecule has 2 aromatic rings. The van der Waals surface area contributed by atoms with E-state index in [2.05, 4.69) is 15.3 Å². The van der Waals surface area contributed by atoms with Crippen molar-refractivity contribution in [1.82, 2.24) is 15.3 Å². The lowest BCUT2D eigenvalue weighted by atomic mass is 10.1. The number of rotatable bonds is 2. The van der Waals surface area contributed by atoms with E-state index in [4.69, 9.17) is 0 Å². The van der Waals surface area contributed by atoms with E-state index < -0.39 is 12.0 Å². The van der Waals surface area contributed by atoms with Gasteiger partial charge < -0.3 is 15.3 Å². The minimum absolute atomic E-state index is 0.424. The summed E-state index contributed by atoms with van der Waals surface area (Å²) in [7, 11) is 0. The van der Waals surface area contributed by atoms with Gasteiger partial charge in [-0.1, -0.05) is 12.1 Å². The van der Waals surface area contributed by atoms with Crippen LogP contribution in [0, 0.1) is 0 Å². The van der Waals surface area contributed by atoms with Crippen LogP contribution in [0.4, 0.5) is 5.82 Å². The van der Waals surface area contributed by atoms with Gasteiger partial charge in [-0.25, -0.2) is 14.8 Å². The van der Waals surface area contributed by atoms with Gasteiger partial charge >= 0.3 is 5.97 Å². The van der Waals surface area contributed by atoms with E-state index in [0.717, 1.165) is 17.4 Å². The second kappa shape index (κ2) is 4.81. The van der Waals surface area contributed by atoms with E-state index in [1.165, 1.54) is 6.33 Å². The Morgan fingerprint density at radius 3 is 3.05 bits per heavy atom. The van der Waals surface area contributed by atoms with Crippen LogP contribution in [0.5, 0.6) is 0 Å². The van der Waals surface area contributed by atoms with Crippen molar-refractivity contribution in [3.63, 3.8) is 0 Å². The molecule has 19 heavy (non-hydrogen) atoms. The molecule has 3 rings (SSSR count). The fourth-order valence-corrected chi connectivity index (χ4v) is 2.40. The zero-order chi connectivity index (χ0) is 13.2. The summed E-state index contributed by atoms with van der Waals surface area (Å²) in [6, 6.07) is 7.05. The zero-order valence-electron chi connectivity index (χ0n) is 10.3. The van der Waals surface area contributed by atoms with Crippen molar-refractivity contribution in [2.45, 2.75) is 6.04 Å². The molecule has 98 valence electrons. The number of carbonyl (C=O) groups is 1. The average molecular weight is 258 g/mol. The highest BCUT2D eigenvalue weighted by atomic mass is 16.4. The molecule has 6 heteroatoms. The van der Waals surface area contributed by atoms with Gasteiger partial charge in [0, 0.05) is 25.0 Å². The van der Waals surface area contributed by atoms with Gasteiger partial charge in [0.15, 0.2) is 0 Å². The third-order valence-electron chi connectivity index (χ3n) is 3.32. The van der Waals surface area contributed by atoms with Crippen LogP contribution in [0.15, 0.2) is 30.6 Å². The van der Waals surface area contributed by atoms with Crippen LogP contribution >= 0.6 is 0 Å². The maximum absolute atomic E-state index is 11.3. The van der Waals surface area contributed by atoms with E-state index in [-0.39, 0.29) is 0 Å². The molecule has 1 aromatic carbocycles. The molecule has 1 aliphatic rings. The van der Waals surface area contributed by atoms with Crippen molar-refractivity contribution in [3.05, 3.63) is 30.6 Å². The highest BCUT2D eigenvalue weighted by Gasteiger charge is 2.30. The van der Waals surface area contributed by atoms with Crippen LogP contribution in [0.1, 0.15) is 0 Å². The monoisotopic (exact) mass is 258 g/mol. The number of nitrogens with one attached hydrogen (secondary N) is 1. The smallest absolute Gasteiger partial charge is 0.327 e. The number of hydrogen-bond donors (Lipinski definition) is 2. The predicted octanol–water partition coefficient (Wildman–Crippen LogP) is 0.493. The summed E-state index contributed by atoms with van der Waals surface area (Å²) in [5.41, 5.74) is 0.829. The summed E-state index contributed by atoms with van der Waals surface area (Å²) in [6.07, 6.45) is 1.48. The number of para-hydroxylation sites is 1. The van der Waals surface area contributed by atoms with Gasteiger partial charge in [-0.15, -0.1) is 0 Å². The fraction of sp³-hybridized carbons (Fsp3) is 0.308. The first-order chi connectivity index (χ1) is 9.27. The number of aromatic nitrogens is 2. The normalized spacial score (nSPS) is 19.6. The number of nitrogens with zero attached hydrogens (tertiary/aromatic N) is 3. The van der Waals surface area contributed by atoms with Gasteiger partial charge in [-0.05, 0) is 12.1 Å². The van der Waals surface area contributed by atoms with Crippen molar-refractivity contribution >= 4 is 22.7 Å². The Morgan fingerprint density at radius 1 is 1.37 bits per heavy atom. The summed E-state index contributed by atoms with van der Waals surface area (Å²) in [5, 5.41) is 13.3. The van der Waals surface area contributed by atoms with Gasteiger partial charge in [0.2, 0.25) is 0 Å². The summed E-state index contributed by atoms with van der Waals surface area (Å²) in [6.45, 7) is 1.80. The van der Waals surface area contributed by atoms with Crippen LogP contribution in [0.25, 0.3) is 10.9 Å². The Morgan fingerprint density at radius 2 is 2.21 bits per heavy atom. The molecule has 0 amide bonds. The highest BCUT2D eigenvalue weighted by Crippen LogP contribution is 2.24. The predicted molar refractivity (Wildman–Crippen MR) is 71.2 cm³/mol. The fourth-order valence-electron chi connectivity index (χ4n) is 2.40. The third kappa shape index (κ3) is 2.10. The van der Waals surface area contributed by atoms with Crippen LogP contribution in [0.2, 0.25) is 0 Å². The molecule has 1 atom stereocenters. The lowest BCUT2D eigenvalue weighted by molar-refractivity contribution is -0.138. The van der Waals surface area contributed by atoms with E-state index in [0.29, 0.717) is 18.9 Å². The SMILES string of the molecule is O=C(O)C1CNCCN1c1ncnc2ccccc12. The van der Waals surface area contributed by atoms with Crippen LogP contribution in [0.3, 0.4) is 0 Å². The number of aliphatic carboxylic acids is 1. The maximum atomic E-state index is 11.3. The number of carboxylic acids is 1. The Hall–Kier alpha value is -2.21. The topological polar surface area (TPSA) is 78.4 Å². The van der Waals surface area contributed by atoms with E-state index in [1.807, 2.05) is 29.2 Å². The van der Waals surface area contributed by atoms with Crippen molar-refractivity contribution in [2.75, 3.05) is 24.5 Å². The minimum Gasteiger partial charge on any atom is -0.480 e. The number of piperazine rings is 1. The molecule has 0 saturated carbocycles. The molecule has 0 radical (unpaired) electrons. The van der Waals surface area contributed by atoms with Crippen LogP contribution < -0.4 is 10.2 Å². The molecule has 1 unspecified atom stereocenters. The Bertz CT molecular complexity index is 611. The number of benzene rings is 1. The molecule has 0 aliphatic carbocycles. The van der Waals surface area contributed by atoms with Gasteiger partial charge in [0.1, 0.15) is 18.2 Å². The highest BCUT2D eigenvalue weighted by molar-refractivity contribution is 5.91. The number of carboxylic acid groups (broad SMARTS) is 1. The van der Waals surface area contributed by atoms with Gasteiger partial charge in [0.05, 0.1) is 5.52 Å². The lowest BCUT2D eigenvalue weighted by Gasteiger charge is -2.34. The van der Waals surface area contributed by atoms with E-state index >= 15 is 0 Å². The molecule has 2 heterocycles. The second-order valence-corrected chi connectivity index (χ2v) is 4.47. The molecule has 1 aromatic heterocycles. The molecule has 1 saturated heterocycles. The van der Waals surface area contributed by atoms with Gasteiger partial charge in [0.25, 0.3) is 0 Å². The summed E-state index contributed by atoms with van der Waals surface area (Å²) in [5.74, 6) is -0.144. The molecular weight excluding hydrogens is 244 g/mol. The molecule has 0 bridgehead atoms. The molecule has 6 nitrogen and oxygen atoms in total. The summed E-state index contributed by atoms with van der Waals surface area (Å²) < 4.78 is 0. The van der Waals surface area contributed by atoms with Crippen molar-refractivity contribution in [3.8, 4) is 0 Å². The molecular formula is C13H14N4O2. The van der Waals surface area contributed by atoms with Crippen LogP contribution in [-0.4, -0.2) is 46.7 Å². The van der Waals surface area contributed by atoms with Gasteiger partial charge in [-0.2, -0.15) is 0 Å². The first-order valence-corrected chi connectivity index (χ1v) is 6.17. The summed E-state index contributed by atoms with van der Waals surface area (Å²) in [4.78, 5) is 21.7. The van der Waals surface area contributed by atoms with Crippen molar-refractivity contribution < 1.29 is 9.90 Å². The molecule has 1 fully saturated rings. The maximum Gasteiger partial charge on any atom is 0.327 e. The molecule has 2 N–H and O–H groups in total. The quantitative estimate of drug-likeness (QED) is 0.816. The Labute approximate surface area is 110 Å². The lowest BCUT2D eigenvalue weighted by Crippen LogP contribution is -2.55. The number of fused-ring (bicyclic) bond motifs is 1. The zero-order valence-corrected chi connectivity index (χ0v) is 10.3. The molecule has 1 aliphatic heterocycles. The Balaban J connectivity index is 2.09. The first kappa shape index (κ1) is 11.9. The van der Waals surface area contributed by atoms with Gasteiger partial charge in [-0.3, -0.25) is 0 Å². The first-order valence-electron chi connectivity index (χ1n) is 6.17. The van der Waals surface area contributed by atoms with Crippen molar-refractivity contribution in [2.24, 2.45) is 0 Å². The average Bonchev–Trinajstić information content (AvgIpc) is 2.46. The number of hydrogen-bond acceptors (Lipinski definition) is 5. The van der Waals surface area contributed by atoms with E-state index in [1.54, 1.807) is 0 Å². The second-order valence-electron chi connectivity index (χ2n) is 4.47. The third-order valence-corrected chi connectivity index (χ3v) is 3.32. The number of anilines is 1. The van der Waals surface area contributed by atoms with Crippen LogP contribution in [-0.2, 0) is 4.79 Å². The van der Waals surface area contributed by atoms with Crippen molar-refractivity contribution in [1.29, 1.82) is 0 Å². The van der Waals surface area contributed by atoms with E-state index in [9.17, 15) is 9.90 Å². The molecule has 0 spiro atoms. The summed E-state index contributed by atoms with van der Waals surface area (Å²) >= 11 is 0.